The van der Waals surface area contributed by atoms with E-state index in [4.69, 9.17) is 19.3 Å². The van der Waals surface area contributed by atoms with E-state index in [0.717, 1.165) is 11.3 Å². The van der Waals surface area contributed by atoms with Gasteiger partial charge in [-0.1, -0.05) is 0 Å². The van der Waals surface area contributed by atoms with Crippen LogP contribution >= 0.6 is 0 Å². The first kappa shape index (κ1) is 13.3. The fourth-order valence-corrected chi connectivity index (χ4v) is 2.19. The highest BCUT2D eigenvalue weighted by atomic mass is 16.7. The van der Waals surface area contributed by atoms with Gasteiger partial charge in [-0.2, -0.15) is 0 Å². The van der Waals surface area contributed by atoms with Crippen molar-refractivity contribution >= 4 is 0 Å². The molecule has 1 aromatic rings. The minimum Gasteiger partial charge on any atom is -0.494 e. The average molecular weight is 252 g/mol. The van der Waals surface area contributed by atoms with Crippen molar-refractivity contribution in [2.24, 2.45) is 0 Å². The molecule has 1 saturated heterocycles. The van der Waals surface area contributed by atoms with Crippen LogP contribution < -0.4 is 4.74 Å². The van der Waals surface area contributed by atoms with Crippen LogP contribution in [0, 0.1) is 0 Å². The highest BCUT2D eigenvalue weighted by Gasteiger charge is 2.37. The Kier molecular flexibility index (Phi) is 4.58. The first-order valence-corrected chi connectivity index (χ1v) is 6.43. The van der Waals surface area contributed by atoms with E-state index in [9.17, 15) is 0 Å². The molecule has 0 saturated carbocycles. The summed E-state index contributed by atoms with van der Waals surface area (Å²) in [6.45, 7) is 3.95. The molecule has 0 atom stereocenters. The van der Waals surface area contributed by atoms with E-state index in [1.807, 2.05) is 31.2 Å². The first-order valence-electron chi connectivity index (χ1n) is 6.43. The number of ether oxygens (including phenoxy) is 3. The molecule has 4 nitrogen and oxygen atoms in total. The Labute approximate surface area is 107 Å². The number of rotatable bonds is 6. The molecule has 4 heteroatoms. The predicted octanol–water partition coefficient (Wildman–Crippen LogP) is 2.06. The minimum atomic E-state index is -0.687. The Morgan fingerprint density at radius 3 is 2.44 bits per heavy atom. The summed E-state index contributed by atoms with van der Waals surface area (Å²) in [7, 11) is 0. The van der Waals surface area contributed by atoms with Crippen LogP contribution in [-0.2, 0) is 15.3 Å². The summed E-state index contributed by atoms with van der Waals surface area (Å²) in [5.41, 5.74) is 0.983. The molecular weight excluding hydrogens is 232 g/mol. The maximum Gasteiger partial charge on any atom is 0.195 e. The molecule has 0 spiro atoms. The van der Waals surface area contributed by atoms with Crippen molar-refractivity contribution in [2.75, 3.05) is 26.4 Å². The molecule has 0 unspecified atom stereocenters. The van der Waals surface area contributed by atoms with E-state index in [0.29, 0.717) is 32.7 Å². The molecule has 1 aromatic carbocycles. The van der Waals surface area contributed by atoms with E-state index in [1.165, 1.54) is 0 Å². The average Bonchev–Trinajstić information content (AvgIpc) is 2.88. The van der Waals surface area contributed by atoms with Crippen molar-refractivity contribution in [3.63, 3.8) is 0 Å². The summed E-state index contributed by atoms with van der Waals surface area (Å²) in [5, 5.41) is 8.97. The van der Waals surface area contributed by atoms with Gasteiger partial charge in [0.15, 0.2) is 5.79 Å². The third-order valence-corrected chi connectivity index (χ3v) is 3.02. The lowest BCUT2D eigenvalue weighted by atomic mass is 10.0. The zero-order chi connectivity index (χ0) is 12.8. The highest BCUT2D eigenvalue weighted by molar-refractivity contribution is 5.30. The molecule has 0 bridgehead atoms. The SMILES string of the molecule is CCOc1ccc(C2(CCCO)OCCO2)cc1. The van der Waals surface area contributed by atoms with E-state index in [2.05, 4.69) is 0 Å². The summed E-state index contributed by atoms with van der Waals surface area (Å²) in [6, 6.07) is 7.77. The van der Waals surface area contributed by atoms with Gasteiger partial charge in [0.25, 0.3) is 0 Å². The van der Waals surface area contributed by atoms with Gasteiger partial charge < -0.3 is 19.3 Å². The fraction of sp³-hybridized carbons (Fsp3) is 0.571. The van der Waals surface area contributed by atoms with Crippen molar-refractivity contribution < 1.29 is 19.3 Å². The van der Waals surface area contributed by atoms with Crippen LogP contribution in [0.15, 0.2) is 24.3 Å². The molecule has 1 N–H and O–H groups in total. The summed E-state index contributed by atoms with van der Waals surface area (Å²) in [4.78, 5) is 0. The van der Waals surface area contributed by atoms with Gasteiger partial charge in [-0.25, -0.2) is 0 Å². The third-order valence-electron chi connectivity index (χ3n) is 3.02. The second-order valence-electron chi connectivity index (χ2n) is 4.23. The Morgan fingerprint density at radius 1 is 1.22 bits per heavy atom. The molecule has 0 amide bonds. The van der Waals surface area contributed by atoms with Gasteiger partial charge in [0.2, 0.25) is 0 Å². The summed E-state index contributed by atoms with van der Waals surface area (Å²) < 4.78 is 16.9. The monoisotopic (exact) mass is 252 g/mol. The minimum absolute atomic E-state index is 0.144. The van der Waals surface area contributed by atoms with Gasteiger partial charge in [-0.05, 0) is 37.6 Å². The lowest BCUT2D eigenvalue weighted by Crippen LogP contribution is -2.27. The van der Waals surface area contributed by atoms with E-state index in [-0.39, 0.29) is 6.61 Å². The van der Waals surface area contributed by atoms with Crippen LogP contribution in [0.2, 0.25) is 0 Å². The maximum absolute atomic E-state index is 8.97. The van der Waals surface area contributed by atoms with Gasteiger partial charge >= 0.3 is 0 Å². The molecule has 18 heavy (non-hydrogen) atoms. The van der Waals surface area contributed by atoms with Gasteiger partial charge in [0, 0.05) is 18.6 Å². The Hall–Kier alpha value is -1.10. The molecule has 1 fully saturated rings. The Balaban J connectivity index is 2.14. The summed E-state index contributed by atoms with van der Waals surface area (Å²) >= 11 is 0. The topological polar surface area (TPSA) is 47.9 Å². The number of aliphatic hydroxyl groups excluding tert-OH is 1. The fourth-order valence-electron chi connectivity index (χ4n) is 2.19. The number of benzene rings is 1. The van der Waals surface area contributed by atoms with Crippen LogP contribution in [0.1, 0.15) is 25.3 Å². The molecule has 0 aliphatic carbocycles. The van der Waals surface area contributed by atoms with E-state index >= 15 is 0 Å². The second kappa shape index (κ2) is 6.18. The molecule has 1 aliphatic rings. The number of hydrogen-bond donors (Lipinski definition) is 1. The zero-order valence-electron chi connectivity index (χ0n) is 10.7. The smallest absolute Gasteiger partial charge is 0.195 e. The molecular formula is C14H20O4. The lowest BCUT2D eigenvalue weighted by Gasteiger charge is -2.27. The summed E-state index contributed by atoms with van der Waals surface area (Å²) in [6.07, 6.45) is 1.32. The van der Waals surface area contributed by atoms with Crippen LogP contribution in [0.25, 0.3) is 0 Å². The molecule has 0 aromatic heterocycles. The van der Waals surface area contributed by atoms with Crippen LogP contribution in [0.4, 0.5) is 0 Å². The van der Waals surface area contributed by atoms with Crippen molar-refractivity contribution in [2.45, 2.75) is 25.6 Å². The molecule has 2 rings (SSSR count). The van der Waals surface area contributed by atoms with Gasteiger partial charge in [-0.3, -0.25) is 0 Å². The molecule has 1 heterocycles. The molecule has 0 radical (unpaired) electrons. The van der Waals surface area contributed by atoms with Crippen molar-refractivity contribution in [1.29, 1.82) is 0 Å². The maximum atomic E-state index is 8.97. The first-order chi connectivity index (χ1) is 8.80. The normalized spacial score (nSPS) is 17.9. The van der Waals surface area contributed by atoms with Crippen molar-refractivity contribution in [3.8, 4) is 5.75 Å². The van der Waals surface area contributed by atoms with Crippen LogP contribution in [-0.4, -0.2) is 31.5 Å². The van der Waals surface area contributed by atoms with E-state index in [1.54, 1.807) is 0 Å². The van der Waals surface area contributed by atoms with Gasteiger partial charge in [0.1, 0.15) is 5.75 Å². The van der Waals surface area contributed by atoms with Gasteiger partial charge in [0.05, 0.1) is 19.8 Å². The van der Waals surface area contributed by atoms with Crippen LogP contribution in [0.5, 0.6) is 5.75 Å². The quantitative estimate of drug-likeness (QED) is 0.842. The lowest BCUT2D eigenvalue weighted by molar-refractivity contribution is -0.172. The molecule has 1 aliphatic heterocycles. The standard InChI is InChI=1S/C14H20O4/c1-2-16-13-6-4-12(5-7-13)14(8-3-9-15)17-10-11-18-14/h4-7,15H,2-3,8-11H2,1H3. The predicted molar refractivity (Wildman–Crippen MR) is 67.5 cm³/mol. The third kappa shape index (κ3) is 2.83. The van der Waals surface area contributed by atoms with Crippen LogP contribution in [0.3, 0.4) is 0 Å². The van der Waals surface area contributed by atoms with Crippen molar-refractivity contribution in [1.82, 2.24) is 0 Å². The summed E-state index contributed by atoms with van der Waals surface area (Å²) in [5.74, 6) is 0.157. The molecule has 100 valence electrons. The number of hydrogen-bond acceptors (Lipinski definition) is 4. The van der Waals surface area contributed by atoms with Gasteiger partial charge in [-0.15, -0.1) is 0 Å². The highest BCUT2D eigenvalue weighted by Crippen LogP contribution is 2.36. The van der Waals surface area contributed by atoms with E-state index < -0.39 is 5.79 Å². The Bertz CT molecular complexity index is 355. The van der Waals surface area contributed by atoms with Crippen molar-refractivity contribution in [3.05, 3.63) is 29.8 Å². The Morgan fingerprint density at radius 2 is 1.89 bits per heavy atom. The zero-order valence-corrected chi connectivity index (χ0v) is 10.7. The second-order valence-corrected chi connectivity index (χ2v) is 4.23. The largest absolute Gasteiger partial charge is 0.494 e. The number of aliphatic hydroxyl groups is 1.